The minimum Gasteiger partial charge on any atom is -0.354 e. The Morgan fingerprint density at radius 3 is 2.26 bits per heavy atom. The van der Waals surface area contributed by atoms with Gasteiger partial charge in [-0.3, -0.25) is 9.59 Å². The zero-order valence-corrected chi connectivity index (χ0v) is 22.7. The van der Waals surface area contributed by atoms with Crippen molar-refractivity contribution < 1.29 is 14.4 Å². The molecule has 0 spiro atoms. The van der Waals surface area contributed by atoms with Crippen molar-refractivity contribution in [2.75, 3.05) is 6.54 Å². The number of para-hydroxylation sites is 1. The largest absolute Gasteiger partial charge is 0.354 e. The van der Waals surface area contributed by atoms with Gasteiger partial charge < -0.3 is 20.4 Å². The van der Waals surface area contributed by atoms with Crippen molar-refractivity contribution in [3.05, 3.63) is 96.1 Å². The highest BCUT2D eigenvalue weighted by Gasteiger charge is 2.24. The predicted octanol–water partition coefficient (Wildman–Crippen LogP) is 6.08. The summed E-state index contributed by atoms with van der Waals surface area (Å²) in [5, 5.41) is 7.17. The Hall–Kier alpha value is -4.19. The lowest BCUT2D eigenvalue weighted by molar-refractivity contribution is -0.123. The standard InChI is InChI=1S/C33H37N3O3/c1-23(12-11-13-24(2)37)22-30(36-32(38)26-16-7-4-8-17-26)33(39)34-21-20-28-27-18-9-10-19-29(27)35-31(28)25-14-5-3-6-15-25/h3-10,14-19,23,30,35H,11-13,20-22H2,1-2H3,(H,34,39)(H,36,38)/t23?,30-/m0/s1. The molecule has 0 aliphatic carbocycles. The Labute approximate surface area is 230 Å². The number of ketones is 1. The van der Waals surface area contributed by atoms with Crippen molar-refractivity contribution in [2.24, 2.45) is 5.92 Å². The summed E-state index contributed by atoms with van der Waals surface area (Å²) in [5.74, 6) is -0.121. The first-order valence-corrected chi connectivity index (χ1v) is 13.7. The second kappa shape index (κ2) is 13.6. The third-order valence-corrected chi connectivity index (χ3v) is 7.07. The van der Waals surface area contributed by atoms with E-state index in [9.17, 15) is 14.4 Å². The highest BCUT2D eigenvalue weighted by Crippen LogP contribution is 2.30. The van der Waals surface area contributed by atoms with Crippen LogP contribution in [0.1, 0.15) is 55.5 Å². The molecule has 202 valence electrons. The molecule has 2 atom stereocenters. The summed E-state index contributed by atoms with van der Waals surface area (Å²) in [5.41, 5.74) is 4.89. The van der Waals surface area contributed by atoms with Crippen LogP contribution in [0.2, 0.25) is 0 Å². The Balaban J connectivity index is 1.46. The summed E-state index contributed by atoms with van der Waals surface area (Å²) < 4.78 is 0. The fourth-order valence-corrected chi connectivity index (χ4v) is 5.03. The van der Waals surface area contributed by atoms with E-state index in [4.69, 9.17) is 0 Å². The van der Waals surface area contributed by atoms with Crippen LogP contribution in [-0.2, 0) is 16.0 Å². The number of hydrogen-bond donors (Lipinski definition) is 3. The van der Waals surface area contributed by atoms with Gasteiger partial charge >= 0.3 is 0 Å². The highest BCUT2D eigenvalue weighted by atomic mass is 16.2. The van der Waals surface area contributed by atoms with E-state index in [1.165, 1.54) is 0 Å². The molecule has 3 N–H and O–H groups in total. The second-order valence-corrected chi connectivity index (χ2v) is 10.3. The Morgan fingerprint density at radius 2 is 1.54 bits per heavy atom. The number of aromatic amines is 1. The van der Waals surface area contributed by atoms with E-state index >= 15 is 0 Å². The zero-order valence-electron chi connectivity index (χ0n) is 22.7. The lowest BCUT2D eigenvalue weighted by Crippen LogP contribution is -2.48. The lowest BCUT2D eigenvalue weighted by atomic mass is 9.94. The van der Waals surface area contributed by atoms with Crippen molar-refractivity contribution in [1.29, 1.82) is 0 Å². The number of carbonyl (C=O) groups is 3. The molecule has 1 unspecified atom stereocenters. The van der Waals surface area contributed by atoms with Gasteiger partial charge in [0.2, 0.25) is 5.91 Å². The first kappa shape index (κ1) is 27.8. The van der Waals surface area contributed by atoms with Crippen LogP contribution in [-0.4, -0.2) is 35.2 Å². The van der Waals surface area contributed by atoms with E-state index in [0.717, 1.165) is 40.6 Å². The first-order chi connectivity index (χ1) is 18.9. The van der Waals surface area contributed by atoms with E-state index in [2.05, 4.69) is 46.8 Å². The van der Waals surface area contributed by atoms with Crippen LogP contribution in [0.3, 0.4) is 0 Å². The fourth-order valence-electron chi connectivity index (χ4n) is 5.03. The Bertz CT molecular complexity index is 1400. The number of fused-ring (bicyclic) bond motifs is 1. The van der Waals surface area contributed by atoms with Gasteiger partial charge in [-0.05, 0) is 61.4 Å². The van der Waals surface area contributed by atoms with Gasteiger partial charge in [0.1, 0.15) is 11.8 Å². The molecule has 2 amide bonds. The second-order valence-electron chi connectivity index (χ2n) is 10.3. The maximum Gasteiger partial charge on any atom is 0.251 e. The van der Waals surface area contributed by atoms with Crippen molar-refractivity contribution in [3.63, 3.8) is 0 Å². The number of benzene rings is 3. The zero-order chi connectivity index (χ0) is 27.6. The number of carbonyl (C=O) groups excluding carboxylic acids is 3. The average molecular weight is 524 g/mol. The molecule has 0 aliphatic heterocycles. The van der Waals surface area contributed by atoms with Gasteiger partial charge in [0.05, 0.1) is 0 Å². The molecule has 0 fully saturated rings. The normalized spacial score (nSPS) is 12.6. The molecular formula is C33H37N3O3. The molecule has 6 nitrogen and oxygen atoms in total. The molecule has 0 aliphatic rings. The third-order valence-electron chi connectivity index (χ3n) is 7.07. The first-order valence-electron chi connectivity index (χ1n) is 13.7. The molecular weight excluding hydrogens is 486 g/mol. The summed E-state index contributed by atoms with van der Waals surface area (Å²) in [6, 6.07) is 26.7. The smallest absolute Gasteiger partial charge is 0.251 e. The van der Waals surface area contributed by atoms with Crippen LogP contribution in [0.5, 0.6) is 0 Å². The minimum atomic E-state index is -0.665. The summed E-state index contributed by atoms with van der Waals surface area (Å²) in [6.45, 7) is 4.10. The predicted molar refractivity (Wildman–Crippen MR) is 156 cm³/mol. The van der Waals surface area contributed by atoms with Crippen molar-refractivity contribution in [3.8, 4) is 11.3 Å². The summed E-state index contributed by atoms with van der Waals surface area (Å²) in [4.78, 5) is 41.2. The van der Waals surface area contributed by atoms with Crippen molar-refractivity contribution in [1.82, 2.24) is 15.6 Å². The number of aromatic nitrogens is 1. The molecule has 4 aromatic rings. The van der Waals surface area contributed by atoms with E-state index < -0.39 is 6.04 Å². The quantitative estimate of drug-likeness (QED) is 0.198. The topological polar surface area (TPSA) is 91.1 Å². The van der Waals surface area contributed by atoms with Gasteiger partial charge in [-0.15, -0.1) is 0 Å². The molecule has 0 bridgehead atoms. The molecule has 1 aromatic heterocycles. The lowest BCUT2D eigenvalue weighted by Gasteiger charge is -2.22. The molecule has 4 rings (SSSR count). The average Bonchev–Trinajstić information content (AvgIpc) is 3.32. The monoisotopic (exact) mass is 523 g/mol. The molecule has 6 heteroatoms. The molecule has 0 radical (unpaired) electrons. The van der Waals surface area contributed by atoms with Crippen LogP contribution in [0, 0.1) is 5.92 Å². The number of Topliss-reactive ketones (excluding diaryl/α,β-unsaturated/α-hetero) is 1. The van der Waals surface area contributed by atoms with Crippen LogP contribution in [0.4, 0.5) is 0 Å². The summed E-state index contributed by atoms with van der Waals surface area (Å²) in [6.07, 6.45) is 3.28. The van der Waals surface area contributed by atoms with Gasteiger partial charge in [0, 0.05) is 35.1 Å². The molecule has 3 aromatic carbocycles. The number of amides is 2. The van der Waals surface area contributed by atoms with Crippen LogP contribution in [0.25, 0.3) is 22.2 Å². The van der Waals surface area contributed by atoms with Gasteiger partial charge in [-0.1, -0.05) is 80.1 Å². The van der Waals surface area contributed by atoms with Gasteiger partial charge in [0.15, 0.2) is 0 Å². The van der Waals surface area contributed by atoms with Gasteiger partial charge in [-0.25, -0.2) is 0 Å². The number of rotatable bonds is 13. The SMILES string of the molecule is CC(=O)CCCC(C)C[C@H](NC(=O)c1ccccc1)C(=O)NCCc1c(-c2ccccc2)[nH]c2ccccc12. The Morgan fingerprint density at radius 1 is 0.872 bits per heavy atom. The van der Waals surface area contributed by atoms with Crippen LogP contribution in [0.15, 0.2) is 84.9 Å². The molecule has 1 heterocycles. The number of hydrogen-bond acceptors (Lipinski definition) is 3. The maximum atomic E-state index is 13.4. The summed E-state index contributed by atoms with van der Waals surface area (Å²) in [7, 11) is 0. The van der Waals surface area contributed by atoms with Crippen LogP contribution < -0.4 is 10.6 Å². The molecule has 0 saturated heterocycles. The van der Waals surface area contributed by atoms with Crippen LogP contribution >= 0.6 is 0 Å². The summed E-state index contributed by atoms with van der Waals surface area (Å²) >= 11 is 0. The highest BCUT2D eigenvalue weighted by molar-refractivity contribution is 5.97. The van der Waals surface area contributed by atoms with Crippen molar-refractivity contribution >= 4 is 28.5 Å². The Kier molecular flexibility index (Phi) is 9.68. The number of nitrogens with one attached hydrogen (secondary N) is 3. The van der Waals surface area contributed by atoms with Crippen molar-refractivity contribution in [2.45, 2.75) is 52.0 Å². The maximum absolute atomic E-state index is 13.4. The molecule has 39 heavy (non-hydrogen) atoms. The van der Waals surface area contributed by atoms with E-state index in [1.54, 1.807) is 31.2 Å². The van der Waals surface area contributed by atoms with E-state index in [1.807, 2.05) is 36.4 Å². The fraction of sp³-hybridized carbons (Fsp3) is 0.303. The van der Waals surface area contributed by atoms with Gasteiger partial charge in [0.25, 0.3) is 5.91 Å². The third kappa shape index (κ3) is 7.66. The van der Waals surface area contributed by atoms with Gasteiger partial charge in [-0.2, -0.15) is 0 Å². The van der Waals surface area contributed by atoms with E-state index in [0.29, 0.717) is 31.4 Å². The molecule has 0 saturated carbocycles. The number of H-pyrrole nitrogens is 1. The minimum absolute atomic E-state index is 0.168. The van der Waals surface area contributed by atoms with E-state index in [-0.39, 0.29) is 23.5 Å².